The first-order valence-electron chi connectivity index (χ1n) is 21.5. The Bertz CT molecular complexity index is 1880. The molecule has 0 aromatic heterocycles. The zero-order chi connectivity index (χ0) is 38.6. The summed E-state index contributed by atoms with van der Waals surface area (Å²) in [5, 5.41) is 9.55. The Morgan fingerprint density at radius 1 is 0.636 bits per heavy atom. The SMILES string of the molecule is CCCCCCC(C)(CC)c1ccc2c(c1)C1(c3cc(SOCCO)ccc3-c3ccc(B4OCCO4)cc31)c1cc(C(C)(CC)CCCCCC)ccc1-2. The molecular weight excluding hydrogens is 695 g/mol. The van der Waals surface area contributed by atoms with Crippen LogP contribution in [-0.4, -0.2) is 38.7 Å². The van der Waals surface area contributed by atoms with Crippen LogP contribution in [0.25, 0.3) is 22.3 Å². The second-order valence-electron chi connectivity index (χ2n) is 16.9. The highest BCUT2D eigenvalue weighted by Gasteiger charge is 2.53. The summed E-state index contributed by atoms with van der Waals surface area (Å²) in [7, 11) is -0.361. The third kappa shape index (κ3) is 7.40. The van der Waals surface area contributed by atoms with Crippen molar-refractivity contribution in [2.24, 2.45) is 0 Å². The lowest BCUT2D eigenvalue weighted by Crippen LogP contribution is -2.34. The summed E-state index contributed by atoms with van der Waals surface area (Å²) in [6, 6.07) is 28.8. The molecule has 2 unspecified atom stereocenters. The van der Waals surface area contributed by atoms with Crippen molar-refractivity contribution in [3.63, 3.8) is 0 Å². The minimum Gasteiger partial charge on any atom is -0.405 e. The Morgan fingerprint density at radius 3 is 1.64 bits per heavy atom. The number of fused-ring (bicyclic) bond motifs is 10. The van der Waals surface area contributed by atoms with Crippen LogP contribution in [0.5, 0.6) is 0 Å². The maximum Gasteiger partial charge on any atom is 0.494 e. The molecule has 1 fully saturated rings. The molecule has 6 heteroatoms. The van der Waals surface area contributed by atoms with Gasteiger partial charge in [-0.05, 0) is 110 Å². The lowest BCUT2D eigenvalue weighted by Gasteiger charge is -2.35. The molecule has 1 aliphatic heterocycles. The predicted molar refractivity (Wildman–Crippen MR) is 232 cm³/mol. The molecule has 4 nitrogen and oxygen atoms in total. The normalized spacial score (nSPS) is 18.9. The number of unbranched alkanes of at least 4 members (excludes halogenated alkanes) is 6. The molecule has 4 aromatic rings. The van der Waals surface area contributed by atoms with Crippen LogP contribution in [0.2, 0.25) is 0 Å². The number of hydrogen-bond donors (Lipinski definition) is 1. The zero-order valence-electron chi connectivity index (χ0n) is 34.4. The molecule has 1 heterocycles. The third-order valence-corrected chi connectivity index (χ3v) is 14.3. The fourth-order valence-electron chi connectivity index (χ4n) is 9.81. The standard InChI is InChI=1S/C49H63BO4S/c1-7-11-13-15-25-47(5,9-3)35-17-21-39-40-22-18-36(48(6,10-4)26-16-14-12-8-2)32-44(40)49(43(39)31-35)45-33-37(50-52-29-30-53-50)19-23-41(45)42-24-20-38(34-46(42)49)55-54-28-27-51/h17-24,31-34,51H,7-16,25-30H2,1-6H3. The first-order valence-corrected chi connectivity index (χ1v) is 22.2. The van der Waals surface area contributed by atoms with Crippen LogP contribution >= 0.6 is 12.0 Å². The van der Waals surface area contributed by atoms with Crippen molar-refractivity contribution < 1.29 is 18.6 Å². The first-order chi connectivity index (χ1) is 26.8. The zero-order valence-corrected chi connectivity index (χ0v) is 35.2. The molecule has 0 amide bonds. The molecule has 3 aliphatic rings. The van der Waals surface area contributed by atoms with Gasteiger partial charge in [0.15, 0.2) is 0 Å². The fraction of sp³-hybridized carbons (Fsp3) is 0.510. The van der Waals surface area contributed by atoms with E-state index in [2.05, 4.69) is 114 Å². The molecule has 2 atom stereocenters. The van der Waals surface area contributed by atoms with Crippen LogP contribution in [0.3, 0.4) is 0 Å². The van der Waals surface area contributed by atoms with Gasteiger partial charge in [0.05, 0.1) is 31.8 Å². The minimum atomic E-state index is -0.531. The number of benzene rings is 4. The Morgan fingerprint density at radius 2 is 1.13 bits per heavy atom. The Kier molecular flexibility index (Phi) is 12.7. The van der Waals surface area contributed by atoms with Crippen molar-refractivity contribution in [2.45, 2.75) is 140 Å². The van der Waals surface area contributed by atoms with E-state index in [1.165, 1.54) is 132 Å². The van der Waals surface area contributed by atoms with Gasteiger partial charge < -0.3 is 18.6 Å². The van der Waals surface area contributed by atoms with Crippen molar-refractivity contribution in [1.82, 2.24) is 0 Å². The molecule has 1 N–H and O–H groups in total. The first kappa shape index (κ1) is 40.3. The van der Waals surface area contributed by atoms with Gasteiger partial charge in [0.1, 0.15) is 0 Å². The van der Waals surface area contributed by atoms with E-state index < -0.39 is 5.41 Å². The van der Waals surface area contributed by atoms with Gasteiger partial charge in [-0.2, -0.15) is 0 Å². The van der Waals surface area contributed by atoms with Crippen molar-refractivity contribution in [3.05, 3.63) is 106 Å². The second kappa shape index (κ2) is 17.3. The van der Waals surface area contributed by atoms with Crippen molar-refractivity contribution in [2.75, 3.05) is 26.4 Å². The lowest BCUT2D eigenvalue weighted by atomic mass is 9.66. The van der Waals surface area contributed by atoms with Gasteiger partial charge in [-0.1, -0.05) is 154 Å². The van der Waals surface area contributed by atoms with E-state index in [1.807, 2.05) is 0 Å². The molecule has 55 heavy (non-hydrogen) atoms. The van der Waals surface area contributed by atoms with Gasteiger partial charge >= 0.3 is 7.12 Å². The molecule has 7 rings (SSSR count). The average molecular weight is 759 g/mol. The molecule has 4 aromatic carbocycles. The number of aliphatic hydroxyl groups excluding tert-OH is 1. The maximum atomic E-state index is 9.55. The summed E-state index contributed by atoms with van der Waals surface area (Å²) in [6.45, 7) is 15.9. The molecule has 1 spiro atoms. The van der Waals surface area contributed by atoms with Crippen molar-refractivity contribution in [3.8, 4) is 22.3 Å². The number of aliphatic hydroxyl groups is 1. The predicted octanol–water partition coefficient (Wildman–Crippen LogP) is 12.1. The monoisotopic (exact) mass is 758 g/mol. The third-order valence-electron chi connectivity index (χ3n) is 13.6. The summed E-state index contributed by atoms with van der Waals surface area (Å²) < 4.78 is 18.2. The maximum absolute atomic E-state index is 9.55. The molecule has 1 saturated heterocycles. The Hall–Kier alpha value is -2.87. The van der Waals surface area contributed by atoms with Crippen molar-refractivity contribution >= 4 is 24.6 Å². The van der Waals surface area contributed by atoms with E-state index in [1.54, 1.807) is 0 Å². The van der Waals surface area contributed by atoms with E-state index in [0.717, 1.165) is 23.2 Å². The topological polar surface area (TPSA) is 47.9 Å². The summed E-state index contributed by atoms with van der Waals surface area (Å²) in [4.78, 5) is 1.05. The minimum absolute atomic E-state index is 0.00299. The van der Waals surface area contributed by atoms with Gasteiger partial charge in [0.2, 0.25) is 0 Å². The summed E-state index contributed by atoms with van der Waals surface area (Å²) in [5.41, 5.74) is 14.2. The molecule has 0 bridgehead atoms. The number of rotatable bonds is 19. The number of hydrogen-bond acceptors (Lipinski definition) is 5. The van der Waals surface area contributed by atoms with Crippen LogP contribution < -0.4 is 5.46 Å². The van der Waals surface area contributed by atoms with Crippen LogP contribution in [0.1, 0.15) is 152 Å². The smallest absolute Gasteiger partial charge is 0.405 e. The van der Waals surface area contributed by atoms with Gasteiger partial charge in [-0.3, -0.25) is 0 Å². The highest BCUT2D eigenvalue weighted by molar-refractivity contribution is 7.94. The molecule has 292 valence electrons. The van der Waals surface area contributed by atoms with E-state index in [9.17, 15) is 5.11 Å². The van der Waals surface area contributed by atoms with E-state index >= 15 is 0 Å². The molecule has 2 aliphatic carbocycles. The van der Waals surface area contributed by atoms with Gasteiger partial charge in [-0.15, -0.1) is 0 Å². The Labute approximate surface area is 336 Å². The molecule has 0 radical (unpaired) electrons. The fourth-order valence-corrected chi connectivity index (χ4v) is 10.4. The van der Waals surface area contributed by atoms with Crippen molar-refractivity contribution in [1.29, 1.82) is 0 Å². The van der Waals surface area contributed by atoms with Gasteiger partial charge in [0, 0.05) is 16.9 Å². The van der Waals surface area contributed by atoms with Gasteiger partial charge in [-0.25, -0.2) is 0 Å². The average Bonchev–Trinajstić information content (AvgIpc) is 3.93. The van der Waals surface area contributed by atoms with Crippen LogP contribution in [-0.2, 0) is 29.7 Å². The highest BCUT2D eigenvalue weighted by atomic mass is 32.2. The largest absolute Gasteiger partial charge is 0.494 e. The Balaban J connectivity index is 1.49. The van der Waals surface area contributed by atoms with Crippen LogP contribution in [0, 0.1) is 0 Å². The van der Waals surface area contributed by atoms with Crippen LogP contribution in [0.4, 0.5) is 0 Å². The summed E-state index contributed by atoms with van der Waals surface area (Å²) in [6.07, 6.45) is 14.8. The second-order valence-corrected chi connectivity index (χ2v) is 17.8. The summed E-state index contributed by atoms with van der Waals surface area (Å²) >= 11 is 1.37. The summed E-state index contributed by atoms with van der Waals surface area (Å²) in [5.74, 6) is 0. The lowest BCUT2D eigenvalue weighted by molar-refractivity contribution is 0.221. The van der Waals surface area contributed by atoms with E-state index in [-0.39, 0.29) is 31.2 Å². The van der Waals surface area contributed by atoms with Gasteiger partial charge in [0.25, 0.3) is 0 Å². The quantitative estimate of drug-likeness (QED) is 0.0506. The van der Waals surface area contributed by atoms with E-state index in [0.29, 0.717) is 13.2 Å². The molecular formula is C49H63BO4S. The highest BCUT2D eigenvalue weighted by Crippen LogP contribution is 2.64. The molecule has 0 saturated carbocycles. The van der Waals surface area contributed by atoms with Crippen LogP contribution in [0.15, 0.2) is 77.7 Å². The van der Waals surface area contributed by atoms with E-state index in [4.69, 9.17) is 13.5 Å².